The van der Waals surface area contributed by atoms with Crippen LogP contribution in [-0.4, -0.2) is 14.5 Å². The molecule has 276 valence electrons. The van der Waals surface area contributed by atoms with Crippen LogP contribution in [0.2, 0.25) is 0 Å². The Morgan fingerprint density at radius 1 is 0.466 bits per heavy atom. The maximum absolute atomic E-state index is 5.44. The Morgan fingerprint density at radius 3 is 1.74 bits per heavy atom. The standard InChI is InChI=1S/C54H39N3S/c1-54(2,3)39-29-25-34(26-30-39)41-20-11-13-35-14-12-21-42(49(35)41)37-15-10-16-38(33-37)51-50-45-19-6-9-24-48(45)58-53(50)56-52(55-51)36-27-31-40(32-28-36)57-46-22-7-4-17-43(46)44-18-5-8-23-47(44)57/h4-33H,1-3H3. The lowest BCUT2D eigenvalue weighted by Gasteiger charge is -2.19. The van der Waals surface area contributed by atoms with E-state index in [0.717, 1.165) is 44.1 Å². The van der Waals surface area contributed by atoms with Gasteiger partial charge in [0.15, 0.2) is 5.82 Å². The zero-order valence-electron chi connectivity index (χ0n) is 32.6. The Labute approximate surface area is 341 Å². The molecule has 0 spiro atoms. The molecule has 0 amide bonds. The number of hydrogen-bond acceptors (Lipinski definition) is 3. The lowest BCUT2D eigenvalue weighted by Crippen LogP contribution is -2.10. The van der Waals surface area contributed by atoms with Crippen molar-refractivity contribution in [2.45, 2.75) is 26.2 Å². The second kappa shape index (κ2) is 13.4. The number of thiophene rings is 1. The molecule has 0 unspecified atom stereocenters. The summed E-state index contributed by atoms with van der Waals surface area (Å²) in [6.45, 7) is 6.80. The van der Waals surface area contributed by atoms with Gasteiger partial charge >= 0.3 is 0 Å². The molecule has 4 heteroatoms. The Hall–Kier alpha value is -6.88. The number of hydrogen-bond donors (Lipinski definition) is 0. The van der Waals surface area contributed by atoms with Crippen molar-refractivity contribution in [1.82, 2.24) is 14.5 Å². The van der Waals surface area contributed by atoms with Gasteiger partial charge in [0.1, 0.15) is 4.83 Å². The van der Waals surface area contributed by atoms with E-state index in [9.17, 15) is 0 Å². The van der Waals surface area contributed by atoms with Gasteiger partial charge in [-0.2, -0.15) is 0 Å². The van der Waals surface area contributed by atoms with Crippen molar-refractivity contribution < 1.29 is 0 Å². The van der Waals surface area contributed by atoms with Gasteiger partial charge in [0.25, 0.3) is 0 Å². The van der Waals surface area contributed by atoms with Gasteiger partial charge in [-0.1, -0.05) is 154 Å². The van der Waals surface area contributed by atoms with Crippen molar-refractivity contribution in [3.63, 3.8) is 0 Å². The smallest absolute Gasteiger partial charge is 0.161 e. The predicted octanol–water partition coefficient (Wildman–Crippen LogP) is 15.1. The van der Waals surface area contributed by atoms with Crippen LogP contribution in [0.1, 0.15) is 26.3 Å². The summed E-state index contributed by atoms with van der Waals surface area (Å²) in [6.07, 6.45) is 0. The summed E-state index contributed by atoms with van der Waals surface area (Å²) >= 11 is 1.73. The van der Waals surface area contributed by atoms with Crippen LogP contribution in [0.5, 0.6) is 0 Å². The molecule has 0 bridgehead atoms. The first-order valence-corrected chi connectivity index (χ1v) is 20.7. The van der Waals surface area contributed by atoms with Gasteiger partial charge in [0.05, 0.1) is 16.7 Å². The van der Waals surface area contributed by atoms with Gasteiger partial charge in [-0.3, -0.25) is 0 Å². The molecule has 11 rings (SSSR count). The molecular weight excluding hydrogens is 723 g/mol. The summed E-state index contributed by atoms with van der Waals surface area (Å²) in [5, 5.41) is 7.26. The monoisotopic (exact) mass is 761 g/mol. The Bertz CT molecular complexity index is 3300. The van der Waals surface area contributed by atoms with E-state index >= 15 is 0 Å². The van der Waals surface area contributed by atoms with Gasteiger partial charge in [-0.25, -0.2) is 9.97 Å². The summed E-state index contributed by atoms with van der Waals surface area (Å²) in [6, 6.07) is 65.9. The number of benzene rings is 8. The minimum Gasteiger partial charge on any atom is -0.309 e. The van der Waals surface area contributed by atoms with Crippen molar-refractivity contribution in [1.29, 1.82) is 0 Å². The third kappa shape index (κ3) is 5.63. The average Bonchev–Trinajstić information content (AvgIpc) is 3.81. The average molecular weight is 762 g/mol. The molecule has 3 nitrogen and oxygen atoms in total. The molecule has 0 aliphatic heterocycles. The normalized spacial score (nSPS) is 12.1. The summed E-state index contributed by atoms with van der Waals surface area (Å²) in [5.41, 5.74) is 12.7. The predicted molar refractivity (Wildman–Crippen MR) is 247 cm³/mol. The first-order valence-electron chi connectivity index (χ1n) is 19.9. The molecule has 0 saturated heterocycles. The van der Waals surface area contributed by atoms with E-state index in [1.165, 1.54) is 64.9 Å². The maximum Gasteiger partial charge on any atom is 0.161 e. The SMILES string of the molecule is CC(C)(C)c1ccc(-c2cccc3cccc(-c4cccc(-c5nc(-c6ccc(-n7c8ccccc8c8ccccc87)cc6)nc6sc7ccccc7c56)c4)c23)cc1. The molecule has 0 aliphatic rings. The molecule has 0 radical (unpaired) electrons. The van der Waals surface area contributed by atoms with Crippen LogP contribution in [0.25, 0.3) is 103 Å². The minimum atomic E-state index is 0.0971. The zero-order valence-corrected chi connectivity index (χ0v) is 33.4. The zero-order chi connectivity index (χ0) is 39.0. The number of rotatable bonds is 5. The summed E-state index contributed by atoms with van der Waals surface area (Å²) in [4.78, 5) is 11.7. The lowest BCUT2D eigenvalue weighted by atomic mass is 9.85. The highest BCUT2D eigenvalue weighted by Gasteiger charge is 2.20. The molecule has 11 aromatic rings. The molecule has 58 heavy (non-hydrogen) atoms. The fourth-order valence-corrected chi connectivity index (χ4v) is 9.80. The molecule has 3 aromatic heterocycles. The number of para-hydroxylation sites is 2. The quantitative estimate of drug-likeness (QED) is 0.175. The maximum atomic E-state index is 5.44. The Balaban J connectivity index is 1.06. The van der Waals surface area contributed by atoms with Crippen LogP contribution >= 0.6 is 11.3 Å². The largest absolute Gasteiger partial charge is 0.309 e. The number of fused-ring (bicyclic) bond motifs is 7. The third-order valence-electron chi connectivity index (χ3n) is 11.6. The fraction of sp³-hybridized carbons (Fsp3) is 0.0741. The van der Waals surface area contributed by atoms with Crippen LogP contribution in [0.15, 0.2) is 182 Å². The second-order valence-corrected chi connectivity index (χ2v) is 17.2. The lowest BCUT2D eigenvalue weighted by molar-refractivity contribution is 0.590. The highest BCUT2D eigenvalue weighted by molar-refractivity contribution is 7.25. The van der Waals surface area contributed by atoms with Gasteiger partial charge < -0.3 is 4.57 Å². The molecule has 0 fully saturated rings. The van der Waals surface area contributed by atoms with Crippen molar-refractivity contribution in [3.8, 4) is 50.6 Å². The molecule has 0 atom stereocenters. The van der Waals surface area contributed by atoms with E-state index in [4.69, 9.17) is 9.97 Å². The first kappa shape index (κ1) is 34.4. The van der Waals surface area contributed by atoms with Crippen molar-refractivity contribution >= 4 is 64.2 Å². The van der Waals surface area contributed by atoms with Gasteiger partial charge in [0.2, 0.25) is 0 Å². The van der Waals surface area contributed by atoms with Crippen LogP contribution in [0.3, 0.4) is 0 Å². The number of nitrogens with zero attached hydrogens (tertiary/aromatic N) is 3. The molecule has 3 heterocycles. The van der Waals surface area contributed by atoms with E-state index in [0.29, 0.717) is 0 Å². The van der Waals surface area contributed by atoms with Crippen LogP contribution < -0.4 is 0 Å². The van der Waals surface area contributed by atoms with Crippen LogP contribution in [0.4, 0.5) is 0 Å². The number of aromatic nitrogens is 3. The van der Waals surface area contributed by atoms with Crippen molar-refractivity contribution in [2.24, 2.45) is 0 Å². The highest BCUT2D eigenvalue weighted by Crippen LogP contribution is 2.42. The van der Waals surface area contributed by atoms with E-state index in [2.05, 4.69) is 207 Å². The van der Waals surface area contributed by atoms with E-state index < -0.39 is 0 Å². The molecule has 0 aliphatic carbocycles. The second-order valence-electron chi connectivity index (χ2n) is 16.2. The van der Waals surface area contributed by atoms with Crippen molar-refractivity contribution in [2.75, 3.05) is 0 Å². The van der Waals surface area contributed by atoms with Gasteiger partial charge in [-0.05, 0) is 92.5 Å². The molecular formula is C54H39N3S. The van der Waals surface area contributed by atoms with Gasteiger partial charge in [0, 0.05) is 43.1 Å². The minimum absolute atomic E-state index is 0.0971. The Kier molecular flexibility index (Phi) is 7.92. The summed E-state index contributed by atoms with van der Waals surface area (Å²) in [5.74, 6) is 0.722. The van der Waals surface area contributed by atoms with Crippen molar-refractivity contribution in [3.05, 3.63) is 188 Å². The fourth-order valence-electron chi connectivity index (χ4n) is 8.73. The van der Waals surface area contributed by atoms with Gasteiger partial charge in [-0.15, -0.1) is 11.3 Å². The molecule has 0 saturated carbocycles. The topological polar surface area (TPSA) is 30.7 Å². The van der Waals surface area contributed by atoms with E-state index in [1.54, 1.807) is 11.3 Å². The van der Waals surface area contributed by atoms with E-state index in [-0.39, 0.29) is 5.41 Å². The summed E-state index contributed by atoms with van der Waals surface area (Å²) < 4.78 is 3.56. The summed E-state index contributed by atoms with van der Waals surface area (Å²) in [7, 11) is 0. The first-order chi connectivity index (χ1) is 28.4. The van der Waals surface area contributed by atoms with Crippen LogP contribution in [-0.2, 0) is 5.41 Å². The van der Waals surface area contributed by atoms with E-state index in [1.807, 2.05) is 0 Å². The Morgan fingerprint density at radius 2 is 1.05 bits per heavy atom. The molecule has 8 aromatic carbocycles. The third-order valence-corrected chi connectivity index (χ3v) is 12.7. The highest BCUT2D eigenvalue weighted by atomic mass is 32.1. The molecule has 0 N–H and O–H groups in total. The van der Waals surface area contributed by atoms with Crippen LogP contribution in [0, 0.1) is 0 Å².